The Labute approximate surface area is 99.3 Å². The Morgan fingerprint density at radius 1 is 1.47 bits per heavy atom. The average Bonchev–Trinajstić information content (AvgIpc) is 2.26. The lowest BCUT2D eigenvalue weighted by molar-refractivity contribution is -0.384. The minimum atomic E-state index is -0.496. The first-order valence-corrected chi connectivity index (χ1v) is 5.17. The van der Waals surface area contributed by atoms with Crippen molar-refractivity contribution >= 4 is 17.3 Å². The summed E-state index contributed by atoms with van der Waals surface area (Å²) in [7, 11) is 0. The van der Waals surface area contributed by atoms with E-state index in [1.165, 1.54) is 18.2 Å². The first-order chi connectivity index (χ1) is 7.99. The first kappa shape index (κ1) is 12.9. The molecule has 0 spiro atoms. The van der Waals surface area contributed by atoms with Crippen LogP contribution in [0.15, 0.2) is 36.4 Å². The van der Waals surface area contributed by atoms with Crippen molar-refractivity contribution < 1.29 is 9.72 Å². The van der Waals surface area contributed by atoms with Crippen LogP contribution in [-0.4, -0.2) is 10.8 Å². The lowest BCUT2D eigenvalue weighted by Crippen LogP contribution is -2.11. The highest BCUT2D eigenvalue weighted by molar-refractivity contribution is 5.91. The number of hydrogen-bond donors (Lipinski definition) is 1. The van der Waals surface area contributed by atoms with Crippen LogP contribution in [0.5, 0.6) is 0 Å². The number of non-ortho nitro benzene ring substituents is 1. The van der Waals surface area contributed by atoms with Crippen molar-refractivity contribution in [1.82, 2.24) is 0 Å². The second kappa shape index (κ2) is 5.79. The van der Waals surface area contributed by atoms with E-state index in [4.69, 9.17) is 0 Å². The van der Waals surface area contributed by atoms with Crippen LogP contribution >= 0.6 is 0 Å². The van der Waals surface area contributed by atoms with Crippen LogP contribution in [-0.2, 0) is 4.79 Å². The molecule has 5 heteroatoms. The second-order valence-corrected chi connectivity index (χ2v) is 3.81. The van der Waals surface area contributed by atoms with E-state index >= 15 is 0 Å². The number of anilines is 1. The fourth-order valence-electron chi connectivity index (χ4n) is 1.25. The van der Waals surface area contributed by atoms with Crippen molar-refractivity contribution in [3.8, 4) is 0 Å². The van der Waals surface area contributed by atoms with Crippen LogP contribution < -0.4 is 5.32 Å². The quantitative estimate of drug-likeness (QED) is 0.483. The topological polar surface area (TPSA) is 72.2 Å². The maximum atomic E-state index is 11.5. The van der Waals surface area contributed by atoms with E-state index in [0.717, 1.165) is 5.57 Å². The van der Waals surface area contributed by atoms with E-state index in [-0.39, 0.29) is 11.6 Å². The van der Waals surface area contributed by atoms with E-state index in [9.17, 15) is 14.9 Å². The highest BCUT2D eigenvalue weighted by atomic mass is 16.6. The molecule has 0 aromatic heterocycles. The van der Waals surface area contributed by atoms with Crippen molar-refractivity contribution in [3.05, 3.63) is 46.5 Å². The maximum absolute atomic E-state index is 11.5. The highest BCUT2D eigenvalue weighted by Crippen LogP contribution is 2.17. The van der Waals surface area contributed by atoms with Gasteiger partial charge in [0.25, 0.3) is 5.69 Å². The summed E-state index contributed by atoms with van der Waals surface area (Å²) in [6.45, 7) is 5.55. The third kappa shape index (κ3) is 4.46. The monoisotopic (exact) mass is 234 g/mol. The van der Waals surface area contributed by atoms with Crippen molar-refractivity contribution in [2.75, 3.05) is 5.32 Å². The molecule has 0 saturated carbocycles. The number of rotatable bonds is 5. The van der Waals surface area contributed by atoms with Crippen LogP contribution in [0.1, 0.15) is 19.8 Å². The fraction of sp³-hybridized carbons (Fsp3) is 0.250. The van der Waals surface area contributed by atoms with E-state index < -0.39 is 4.92 Å². The van der Waals surface area contributed by atoms with Gasteiger partial charge in [-0.05, 0) is 19.4 Å². The predicted octanol–water partition coefficient (Wildman–Crippen LogP) is 2.89. The van der Waals surface area contributed by atoms with E-state index in [0.29, 0.717) is 18.5 Å². The first-order valence-electron chi connectivity index (χ1n) is 5.17. The number of nitro groups is 1. The summed E-state index contributed by atoms with van der Waals surface area (Å²) in [6.07, 6.45) is 0.943. The molecule has 0 unspecified atom stereocenters. The molecule has 0 aliphatic heterocycles. The van der Waals surface area contributed by atoms with E-state index in [2.05, 4.69) is 11.9 Å². The molecule has 90 valence electrons. The Morgan fingerprint density at radius 2 is 2.18 bits per heavy atom. The Hall–Kier alpha value is -2.17. The number of nitrogens with one attached hydrogen (secondary N) is 1. The molecule has 0 aliphatic carbocycles. The summed E-state index contributed by atoms with van der Waals surface area (Å²) >= 11 is 0. The summed E-state index contributed by atoms with van der Waals surface area (Å²) in [6, 6.07) is 5.86. The summed E-state index contributed by atoms with van der Waals surface area (Å²) in [4.78, 5) is 21.5. The predicted molar refractivity (Wildman–Crippen MR) is 65.8 cm³/mol. The summed E-state index contributed by atoms with van der Waals surface area (Å²) in [5.41, 5.74) is 1.33. The summed E-state index contributed by atoms with van der Waals surface area (Å²) < 4.78 is 0. The molecule has 0 saturated heterocycles. The third-order valence-corrected chi connectivity index (χ3v) is 2.12. The van der Waals surface area contributed by atoms with Gasteiger partial charge in [0.05, 0.1) is 4.92 Å². The van der Waals surface area contributed by atoms with Crippen LogP contribution in [0, 0.1) is 10.1 Å². The molecule has 1 aromatic rings. The van der Waals surface area contributed by atoms with Gasteiger partial charge in [-0.1, -0.05) is 11.6 Å². The number of carbonyl (C=O) groups excluding carboxylic acids is 1. The summed E-state index contributed by atoms with van der Waals surface area (Å²) in [5, 5.41) is 13.1. The molecule has 1 rings (SSSR count). The molecule has 5 nitrogen and oxygen atoms in total. The minimum Gasteiger partial charge on any atom is -0.326 e. The van der Waals surface area contributed by atoms with Crippen LogP contribution in [0.2, 0.25) is 0 Å². The van der Waals surface area contributed by atoms with Gasteiger partial charge >= 0.3 is 0 Å². The van der Waals surface area contributed by atoms with Gasteiger partial charge in [0, 0.05) is 24.2 Å². The molecule has 0 radical (unpaired) electrons. The number of benzene rings is 1. The van der Waals surface area contributed by atoms with Gasteiger partial charge in [-0.3, -0.25) is 14.9 Å². The average molecular weight is 234 g/mol. The van der Waals surface area contributed by atoms with Gasteiger partial charge in [0.1, 0.15) is 0 Å². The van der Waals surface area contributed by atoms with Crippen LogP contribution in [0.3, 0.4) is 0 Å². The number of hydrogen-bond acceptors (Lipinski definition) is 3. The molecule has 0 bridgehead atoms. The van der Waals surface area contributed by atoms with E-state index in [1.54, 1.807) is 6.07 Å². The van der Waals surface area contributed by atoms with Crippen molar-refractivity contribution in [2.45, 2.75) is 19.8 Å². The number of amides is 1. The highest BCUT2D eigenvalue weighted by Gasteiger charge is 2.07. The van der Waals surface area contributed by atoms with Gasteiger partial charge in [-0.15, -0.1) is 6.58 Å². The third-order valence-electron chi connectivity index (χ3n) is 2.12. The number of carbonyl (C=O) groups is 1. The van der Waals surface area contributed by atoms with Crippen molar-refractivity contribution in [1.29, 1.82) is 0 Å². The largest absolute Gasteiger partial charge is 0.326 e. The number of nitro benzene ring substituents is 1. The van der Waals surface area contributed by atoms with Gasteiger partial charge in [-0.2, -0.15) is 0 Å². The Balaban J connectivity index is 2.62. The minimum absolute atomic E-state index is 0.0392. The number of allylic oxidation sites excluding steroid dienone is 1. The lowest BCUT2D eigenvalue weighted by atomic mass is 10.2. The molecule has 0 aliphatic rings. The SMILES string of the molecule is C=C(C)CCC(=O)Nc1cccc([N+](=O)[O-])c1. The molecule has 1 amide bonds. The molecule has 1 aromatic carbocycles. The van der Waals surface area contributed by atoms with Crippen molar-refractivity contribution in [2.24, 2.45) is 0 Å². The normalized spacial score (nSPS) is 9.71. The molecular weight excluding hydrogens is 220 g/mol. The molecule has 17 heavy (non-hydrogen) atoms. The van der Waals surface area contributed by atoms with Crippen molar-refractivity contribution in [3.63, 3.8) is 0 Å². The lowest BCUT2D eigenvalue weighted by Gasteiger charge is -2.04. The van der Waals surface area contributed by atoms with Gasteiger partial charge < -0.3 is 5.32 Å². The Kier molecular flexibility index (Phi) is 4.39. The van der Waals surface area contributed by atoms with Gasteiger partial charge in [0.15, 0.2) is 0 Å². The standard InChI is InChI=1S/C12H14N2O3/c1-9(2)6-7-12(15)13-10-4-3-5-11(8-10)14(16)17/h3-5,8H,1,6-7H2,2H3,(H,13,15). The zero-order valence-electron chi connectivity index (χ0n) is 9.60. The summed E-state index contributed by atoms with van der Waals surface area (Å²) in [5.74, 6) is -0.173. The molecule has 0 atom stereocenters. The Morgan fingerprint density at radius 3 is 2.76 bits per heavy atom. The number of nitrogens with zero attached hydrogens (tertiary/aromatic N) is 1. The maximum Gasteiger partial charge on any atom is 0.271 e. The van der Waals surface area contributed by atoms with Gasteiger partial charge in [-0.25, -0.2) is 0 Å². The Bertz CT molecular complexity index is 455. The molecule has 0 heterocycles. The smallest absolute Gasteiger partial charge is 0.271 e. The van der Waals surface area contributed by atoms with Crippen LogP contribution in [0.4, 0.5) is 11.4 Å². The fourth-order valence-corrected chi connectivity index (χ4v) is 1.25. The molecule has 0 fully saturated rings. The molecular formula is C12H14N2O3. The zero-order valence-corrected chi connectivity index (χ0v) is 9.60. The second-order valence-electron chi connectivity index (χ2n) is 3.81. The zero-order chi connectivity index (χ0) is 12.8. The van der Waals surface area contributed by atoms with Gasteiger partial charge in [0.2, 0.25) is 5.91 Å². The molecule has 1 N–H and O–H groups in total. The van der Waals surface area contributed by atoms with E-state index in [1.807, 2.05) is 6.92 Å². The van der Waals surface area contributed by atoms with Crippen LogP contribution in [0.25, 0.3) is 0 Å².